The molecule has 0 fully saturated rings. The van der Waals surface area contributed by atoms with E-state index in [2.05, 4.69) is 41.6 Å². The normalized spacial score (nSPS) is 16.6. The summed E-state index contributed by atoms with van der Waals surface area (Å²) in [6, 6.07) is 16.7. The van der Waals surface area contributed by atoms with E-state index in [9.17, 15) is 5.11 Å². The zero-order chi connectivity index (χ0) is 17.4. The van der Waals surface area contributed by atoms with E-state index in [1.807, 2.05) is 30.3 Å². The van der Waals surface area contributed by atoms with Crippen LogP contribution in [0.2, 0.25) is 0 Å². The molecule has 1 aliphatic rings. The van der Waals surface area contributed by atoms with Crippen molar-refractivity contribution in [2.75, 3.05) is 20.1 Å². The van der Waals surface area contributed by atoms with Crippen molar-refractivity contribution >= 4 is 10.9 Å². The lowest BCUT2D eigenvalue weighted by Gasteiger charge is -2.17. The average Bonchev–Trinajstić information content (AvgIpc) is 2.76. The van der Waals surface area contributed by atoms with Gasteiger partial charge in [0.05, 0.1) is 12.6 Å². The maximum Gasteiger partial charge on any atom is 0.0969 e. The summed E-state index contributed by atoms with van der Waals surface area (Å²) in [7, 11) is 2.20. The van der Waals surface area contributed by atoms with Gasteiger partial charge in [-0.05, 0) is 43.7 Å². The number of aromatic nitrogens is 1. The van der Waals surface area contributed by atoms with Crippen LogP contribution in [0.4, 0.5) is 0 Å². The first-order valence-electron chi connectivity index (χ1n) is 9.15. The minimum Gasteiger partial charge on any atom is -0.387 e. The van der Waals surface area contributed by atoms with Crippen LogP contribution in [0.1, 0.15) is 28.5 Å². The minimum atomic E-state index is -0.483. The predicted molar refractivity (Wildman–Crippen MR) is 103 cm³/mol. The van der Waals surface area contributed by atoms with Crippen molar-refractivity contribution in [1.82, 2.24) is 9.47 Å². The van der Waals surface area contributed by atoms with Crippen LogP contribution in [-0.2, 0) is 19.4 Å². The molecule has 0 saturated carbocycles. The SMILES string of the molecule is Cc1ccc2c(c1)c1c(n2CC(O)c2ccccc2)CCN(C)CC1. The Morgan fingerprint density at radius 1 is 1.04 bits per heavy atom. The van der Waals surface area contributed by atoms with E-state index in [4.69, 9.17) is 0 Å². The van der Waals surface area contributed by atoms with Gasteiger partial charge in [0.2, 0.25) is 0 Å². The minimum absolute atomic E-state index is 0.483. The average molecular weight is 334 g/mol. The van der Waals surface area contributed by atoms with Crippen LogP contribution in [0.5, 0.6) is 0 Å². The van der Waals surface area contributed by atoms with Crippen molar-refractivity contribution in [3.63, 3.8) is 0 Å². The molecule has 0 bridgehead atoms. The highest BCUT2D eigenvalue weighted by molar-refractivity contribution is 5.86. The van der Waals surface area contributed by atoms with Crippen molar-refractivity contribution in [3.8, 4) is 0 Å². The number of aliphatic hydroxyl groups excluding tert-OH is 1. The predicted octanol–water partition coefficient (Wildman–Crippen LogP) is 3.71. The molecule has 3 aromatic rings. The van der Waals surface area contributed by atoms with Crippen molar-refractivity contribution in [3.05, 3.63) is 70.9 Å². The van der Waals surface area contributed by atoms with Crippen LogP contribution in [0.25, 0.3) is 10.9 Å². The summed E-state index contributed by atoms with van der Waals surface area (Å²) in [6.07, 6.45) is 1.64. The molecule has 1 atom stereocenters. The Morgan fingerprint density at radius 3 is 2.60 bits per heavy atom. The summed E-state index contributed by atoms with van der Waals surface area (Å²) in [5.41, 5.74) is 6.42. The fourth-order valence-corrected chi connectivity index (χ4v) is 4.03. The Hall–Kier alpha value is -2.10. The van der Waals surface area contributed by atoms with Gasteiger partial charge in [0.1, 0.15) is 0 Å². The molecule has 0 amide bonds. The second kappa shape index (κ2) is 6.66. The number of hydrogen-bond donors (Lipinski definition) is 1. The summed E-state index contributed by atoms with van der Waals surface area (Å²) < 4.78 is 2.36. The Balaban J connectivity index is 1.80. The molecule has 2 aromatic carbocycles. The number of rotatable bonds is 3. The Bertz CT molecular complexity index is 882. The van der Waals surface area contributed by atoms with E-state index >= 15 is 0 Å². The molecule has 0 radical (unpaired) electrons. The summed E-state index contributed by atoms with van der Waals surface area (Å²) >= 11 is 0. The van der Waals surface area contributed by atoms with Gasteiger partial charge in [-0.25, -0.2) is 0 Å². The molecule has 25 heavy (non-hydrogen) atoms. The zero-order valence-electron chi connectivity index (χ0n) is 15.1. The van der Waals surface area contributed by atoms with Gasteiger partial charge in [-0.2, -0.15) is 0 Å². The fraction of sp³-hybridized carbons (Fsp3) is 0.364. The molecule has 1 aliphatic heterocycles. The molecule has 1 unspecified atom stereocenters. The largest absolute Gasteiger partial charge is 0.387 e. The lowest BCUT2D eigenvalue weighted by molar-refractivity contribution is 0.157. The Morgan fingerprint density at radius 2 is 1.80 bits per heavy atom. The van der Waals surface area contributed by atoms with Gasteiger partial charge in [0.25, 0.3) is 0 Å². The lowest BCUT2D eigenvalue weighted by Crippen LogP contribution is -2.21. The lowest BCUT2D eigenvalue weighted by atomic mass is 10.1. The molecule has 0 aliphatic carbocycles. The van der Waals surface area contributed by atoms with Crippen LogP contribution >= 0.6 is 0 Å². The number of likely N-dealkylation sites (N-methyl/N-ethyl adjacent to an activating group) is 1. The standard InChI is InChI=1S/C22H26N2O/c1-16-8-9-20-19(14-16)18-10-12-23(2)13-11-21(18)24(20)15-22(25)17-6-4-3-5-7-17/h3-9,14,22,25H,10-13,15H2,1-2H3. The smallest absolute Gasteiger partial charge is 0.0969 e. The van der Waals surface area contributed by atoms with E-state index in [0.29, 0.717) is 6.54 Å². The van der Waals surface area contributed by atoms with Crippen LogP contribution in [0.15, 0.2) is 48.5 Å². The monoisotopic (exact) mass is 334 g/mol. The van der Waals surface area contributed by atoms with Gasteiger partial charge in [-0.1, -0.05) is 42.0 Å². The molecule has 0 saturated heterocycles. The number of aryl methyl sites for hydroxylation is 1. The number of aliphatic hydroxyl groups is 1. The van der Waals surface area contributed by atoms with Crippen molar-refractivity contribution in [2.24, 2.45) is 0 Å². The number of nitrogens with zero attached hydrogens (tertiary/aromatic N) is 2. The fourth-order valence-electron chi connectivity index (χ4n) is 4.03. The van der Waals surface area contributed by atoms with Gasteiger partial charge < -0.3 is 14.6 Å². The van der Waals surface area contributed by atoms with E-state index in [1.54, 1.807) is 0 Å². The van der Waals surface area contributed by atoms with Gasteiger partial charge in [0, 0.05) is 36.1 Å². The van der Waals surface area contributed by atoms with Crippen LogP contribution < -0.4 is 0 Å². The molecule has 2 heterocycles. The third kappa shape index (κ3) is 3.10. The second-order valence-electron chi connectivity index (χ2n) is 7.29. The number of benzene rings is 2. The number of fused-ring (bicyclic) bond motifs is 3. The highest BCUT2D eigenvalue weighted by Gasteiger charge is 2.22. The quantitative estimate of drug-likeness (QED) is 0.791. The molecule has 1 N–H and O–H groups in total. The second-order valence-corrected chi connectivity index (χ2v) is 7.29. The van der Waals surface area contributed by atoms with Gasteiger partial charge >= 0.3 is 0 Å². The third-order valence-corrected chi connectivity index (χ3v) is 5.46. The molecule has 4 rings (SSSR count). The van der Waals surface area contributed by atoms with E-state index < -0.39 is 6.10 Å². The van der Waals surface area contributed by atoms with Gasteiger partial charge in [0.15, 0.2) is 0 Å². The Labute approximate surface area is 149 Å². The van der Waals surface area contributed by atoms with E-state index in [0.717, 1.165) is 31.5 Å². The molecule has 130 valence electrons. The first-order valence-corrected chi connectivity index (χ1v) is 9.15. The first-order chi connectivity index (χ1) is 12.1. The molecule has 3 nitrogen and oxygen atoms in total. The number of hydrogen-bond acceptors (Lipinski definition) is 2. The van der Waals surface area contributed by atoms with E-state index in [1.165, 1.54) is 27.7 Å². The van der Waals surface area contributed by atoms with E-state index in [-0.39, 0.29) is 0 Å². The van der Waals surface area contributed by atoms with Crippen molar-refractivity contribution in [2.45, 2.75) is 32.4 Å². The van der Waals surface area contributed by atoms with Crippen LogP contribution in [0.3, 0.4) is 0 Å². The summed E-state index contributed by atoms with van der Waals surface area (Å²) in [5, 5.41) is 12.2. The van der Waals surface area contributed by atoms with Crippen molar-refractivity contribution in [1.29, 1.82) is 0 Å². The summed E-state index contributed by atoms with van der Waals surface area (Å²) in [6.45, 7) is 4.94. The first kappa shape index (κ1) is 16.4. The molecular formula is C22H26N2O. The zero-order valence-corrected chi connectivity index (χ0v) is 15.1. The maximum atomic E-state index is 10.8. The van der Waals surface area contributed by atoms with Crippen LogP contribution in [-0.4, -0.2) is 34.7 Å². The highest BCUT2D eigenvalue weighted by atomic mass is 16.3. The van der Waals surface area contributed by atoms with Gasteiger partial charge in [-0.15, -0.1) is 0 Å². The third-order valence-electron chi connectivity index (χ3n) is 5.46. The summed E-state index contributed by atoms with van der Waals surface area (Å²) in [5.74, 6) is 0. The maximum absolute atomic E-state index is 10.8. The molecule has 0 spiro atoms. The molecule has 3 heteroatoms. The van der Waals surface area contributed by atoms with Crippen LogP contribution in [0, 0.1) is 6.92 Å². The highest BCUT2D eigenvalue weighted by Crippen LogP contribution is 2.31. The Kier molecular flexibility index (Phi) is 4.36. The topological polar surface area (TPSA) is 28.4 Å². The molecule has 1 aromatic heterocycles. The van der Waals surface area contributed by atoms with Gasteiger partial charge in [-0.3, -0.25) is 0 Å². The summed E-state index contributed by atoms with van der Waals surface area (Å²) in [4.78, 5) is 2.40. The van der Waals surface area contributed by atoms with Crippen molar-refractivity contribution < 1.29 is 5.11 Å². The molecular weight excluding hydrogens is 308 g/mol.